The molecule has 0 amide bonds. The third-order valence-electron chi connectivity index (χ3n) is 3.62. The Morgan fingerprint density at radius 3 is 2.47 bits per heavy atom. The van der Waals surface area contributed by atoms with Crippen molar-refractivity contribution in [1.29, 1.82) is 0 Å². The van der Waals surface area contributed by atoms with Crippen LogP contribution >= 0.6 is 0 Å². The molecule has 1 heterocycles. The normalized spacial score (nSPS) is 14.4. The maximum absolute atomic E-state index is 4.22. The van der Waals surface area contributed by atoms with Crippen LogP contribution in [0.4, 0.5) is 0 Å². The van der Waals surface area contributed by atoms with E-state index in [4.69, 9.17) is 0 Å². The molecular weight excluding hydrogens is 234 g/mol. The summed E-state index contributed by atoms with van der Waals surface area (Å²) in [6, 6.07) is 7.26. The molecule has 1 aromatic heterocycles. The minimum atomic E-state index is 0.296. The van der Waals surface area contributed by atoms with Gasteiger partial charge >= 0.3 is 0 Å². The van der Waals surface area contributed by atoms with Crippen molar-refractivity contribution in [2.75, 3.05) is 0 Å². The molecule has 0 radical (unpaired) electrons. The summed E-state index contributed by atoms with van der Waals surface area (Å²) in [5.41, 5.74) is 5.24. The second-order valence-corrected chi connectivity index (χ2v) is 5.42. The highest BCUT2D eigenvalue weighted by atomic mass is 15.2. The molecule has 1 N–H and O–H groups in total. The summed E-state index contributed by atoms with van der Waals surface area (Å²) < 4.78 is 1.84. The van der Waals surface area contributed by atoms with Gasteiger partial charge in [0.2, 0.25) is 0 Å². The summed E-state index contributed by atoms with van der Waals surface area (Å²) in [6.45, 7) is 8.70. The quantitative estimate of drug-likeness (QED) is 0.909. The van der Waals surface area contributed by atoms with Gasteiger partial charge in [-0.2, -0.15) is 5.10 Å². The first-order valence-corrected chi connectivity index (χ1v) is 6.79. The SMILES string of the molecule is Cc1ccc(C(C)NC(C)c2cnn(C)c2)c(C)c1. The summed E-state index contributed by atoms with van der Waals surface area (Å²) in [5.74, 6) is 0. The summed E-state index contributed by atoms with van der Waals surface area (Å²) in [5, 5.41) is 7.86. The molecule has 2 atom stereocenters. The van der Waals surface area contributed by atoms with Gasteiger partial charge in [0.1, 0.15) is 0 Å². The van der Waals surface area contributed by atoms with E-state index in [1.54, 1.807) is 0 Å². The van der Waals surface area contributed by atoms with Crippen molar-refractivity contribution in [2.24, 2.45) is 7.05 Å². The fourth-order valence-electron chi connectivity index (χ4n) is 2.54. The largest absolute Gasteiger partial charge is 0.304 e. The lowest BCUT2D eigenvalue weighted by atomic mass is 9.99. The zero-order valence-corrected chi connectivity index (χ0v) is 12.4. The lowest BCUT2D eigenvalue weighted by Gasteiger charge is -2.21. The molecule has 0 saturated heterocycles. The molecule has 3 nitrogen and oxygen atoms in total. The fourth-order valence-corrected chi connectivity index (χ4v) is 2.54. The van der Waals surface area contributed by atoms with Crippen molar-refractivity contribution in [1.82, 2.24) is 15.1 Å². The van der Waals surface area contributed by atoms with Crippen LogP contribution in [-0.2, 0) is 7.05 Å². The van der Waals surface area contributed by atoms with Crippen molar-refractivity contribution >= 4 is 0 Å². The van der Waals surface area contributed by atoms with Gasteiger partial charge in [-0.15, -0.1) is 0 Å². The predicted molar refractivity (Wildman–Crippen MR) is 79.1 cm³/mol. The van der Waals surface area contributed by atoms with E-state index in [9.17, 15) is 0 Å². The van der Waals surface area contributed by atoms with Crippen molar-refractivity contribution in [2.45, 2.75) is 39.8 Å². The van der Waals surface area contributed by atoms with Crippen LogP contribution in [0.2, 0.25) is 0 Å². The van der Waals surface area contributed by atoms with Gasteiger partial charge < -0.3 is 5.32 Å². The Labute approximate surface area is 115 Å². The number of rotatable bonds is 4. The van der Waals surface area contributed by atoms with Gasteiger partial charge in [-0.05, 0) is 38.8 Å². The highest BCUT2D eigenvalue weighted by Crippen LogP contribution is 2.22. The lowest BCUT2D eigenvalue weighted by Crippen LogP contribution is -2.22. The number of nitrogens with one attached hydrogen (secondary N) is 1. The maximum atomic E-state index is 4.22. The summed E-state index contributed by atoms with van der Waals surface area (Å²) in [6.07, 6.45) is 3.98. The molecule has 0 aliphatic carbocycles. The summed E-state index contributed by atoms with van der Waals surface area (Å²) >= 11 is 0. The third kappa shape index (κ3) is 3.24. The first-order valence-electron chi connectivity index (χ1n) is 6.79. The van der Waals surface area contributed by atoms with Crippen LogP contribution in [0.5, 0.6) is 0 Å². The number of nitrogens with zero attached hydrogens (tertiary/aromatic N) is 2. The molecule has 2 rings (SSSR count). The number of aryl methyl sites for hydroxylation is 3. The van der Waals surface area contributed by atoms with Gasteiger partial charge in [-0.1, -0.05) is 23.8 Å². The number of aromatic nitrogens is 2. The van der Waals surface area contributed by atoms with E-state index in [-0.39, 0.29) is 0 Å². The molecule has 3 heteroatoms. The summed E-state index contributed by atoms with van der Waals surface area (Å²) in [4.78, 5) is 0. The maximum Gasteiger partial charge on any atom is 0.0537 e. The Balaban J connectivity index is 2.10. The van der Waals surface area contributed by atoms with E-state index in [1.165, 1.54) is 22.3 Å². The van der Waals surface area contributed by atoms with Gasteiger partial charge in [0.15, 0.2) is 0 Å². The van der Waals surface area contributed by atoms with Gasteiger partial charge in [0.25, 0.3) is 0 Å². The molecule has 2 unspecified atom stereocenters. The average molecular weight is 257 g/mol. The van der Waals surface area contributed by atoms with Crippen LogP contribution in [0, 0.1) is 13.8 Å². The van der Waals surface area contributed by atoms with E-state index in [0.29, 0.717) is 12.1 Å². The first-order chi connectivity index (χ1) is 8.97. The van der Waals surface area contributed by atoms with E-state index >= 15 is 0 Å². The molecule has 1 aromatic carbocycles. The molecule has 0 saturated carbocycles. The zero-order chi connectivity index (χ0) is 14.0. The fraction of sp³-hybridized carbons (Fsp3) is 0.438. The molecule has 2 aromatic rings. The highest BCUT2D eigenvalue weighted by Gasteiger charge is 2.13. The zero-order valence-electron chi connectivity index (χ0n) is 12.4. The van der Waals surface area contributed by atoms with E-state index in [2.05, 4.69) is 62.5 Å². The number of benzene rings is 1. The van der Waals surface area contributed by atoms with Crippen molar-refractivity contribution in [3.8, 4) is 0 Å². The molecule has 19 heavy (non-hydrogen) atoms. The Kier molecular flexibility index (Phi) is 4.05. The van der Waals surface area contributed by atoms with Gasteiger partial charge in [-0.25, -0.2) is 0 Å². The standard InChI is InChI=1S/C16H23N3/c1-11-6-7-16(12(2)8-11)14(4)18-13(3)15-9-17-19(5)10-15/h6-10,13-14,18H,1-5H3. The molecule has 0 aliphatic rings. The van der Waals surface area contributed by atoms with Gasteiger partial charge in [-0.3, -0.25) is 4.68 Å². The number of hydrogen-bond acceptors (Lipinski definition) is 2. The first kappa shape index (κ1) is 13.8. The summed E-state index contributed by atoms with van der Waals surface area (Å²) in [7, 11) is 1.95. The molecular formula is C16H23N3. The van der Waals surface area contributed by atoms with Crippen molar-refractivity contribution < 1.29 is 0 Å². The topological polar surface area (TPSA) is 29.9 Å². The van der Waals surface area contributed by atoms with Crippen LogP contribution in [0.15, 0.2) is 30.6 Å². The van der Waals surface area contributed by atoms with E-state index in [1.807, 2.05) is 17.9 Å². The van der Waals surface area contributed by atoms with Crippen molar-refractivity contribution in [3.05, 3.63) is 52.8 Å². The van der Waals surface area contributed by atoms with Crippen LogP contribution in [0.1, 0.15) is 48.2 Å². The Morgan fingerprint density at radius 2 is 1.89 bits per heavy atom. The Morgan fingerprint density at radius 1 is 1.16 bits per heavy atom. The van der Waals surface area contributed by atoms with Crippen LogP contribution in [0.25, 0.3) is 0 Å². The Bertz CT molecular complexity index is 557. The predicted octanol–water partition coefficient (Wildman–Crippen LogP) is 3.45. The van der Waals surface area contributed by atoms with Crippen LogP contribution < -0.4 is 5.32 Å². The lowest BCUT2D eigenvalue weighted by molar-refractivity contribution is 0.493. The van der Waals surface area contributed by atoms with E-state index in [0.717, 1.165) is 0 Å². The molecule has 0 fully saturated rings. The minimum absolute atomic E-state index is 0.296. The van der Waals surface area contributed by atoms with Crippen LogP contribution in [-0.4, -0.2) is 9.78 Å². The molecule has 0 spiro atoms. The van der Waals surface area contributed by atoms with Gasteiger partial charge in [0.05, 0.1) is 6.20 Å². The minimum Gasteiger partial charge on any atom is -0.304 e. The smallest absolute Gasteiger partial charge is 0.0537 e. The Hall–Kier alpha value is -1.61. The van der Waals surface area contributed by atoms with Crippen LogP contribution in [0.3, 0.4) is 0 Å². The molecule has 0 bridgehead atoms. The highest BCUT2D eigenvalue weighted by molar-refractivity contribution is 5.32. The second-order valence-electron chi connectivity index (χ2n) is 5.42. The van der Waals surface area contributed by atoms with E-state index < -0.39 is 0 Å². The number of hydrogen-bond donors (Lipinski definition) is 1. The monoisotopic (exact) mass is 257 g/mol. The van der Waals surface area contributed by atoms with Gasteiger partial charge in [0, 0.05) is 30.9 Å². The molecule has 102 valence electrons. The average Bonchev–Trinajstić information content (AvgIpc) is 2.75. The van der Waals surface area contributed by atoms with Crippen molar-refractivity contribution in [3.63, 3.8) is 0 Å². The molecule has 0 aliphatic heterocycles. The second kappa shape index (κ2) is 5.57. The third-order valence-corrected chi connectivity index (χ3v) is 3.62.